The summed E-state index contributed by atoms with van der Waals surface area (Å²) in [4.78, 5) is 15.9. The topological polar surface area (TPSA) is 142 Å². The Labute approximate surface area is 96.7 Å². The quantitative estimate of drug-likeness (QED) is 0.366. The fourth-order valence-corrected chi connectivity index (χ4v) is 1.21. The number of nitrogens with one attached hydrogen (secondary N) is 1. The normalized spacial score (nSPS) is 27.4. The van der Waals surface area contributed by atoms with Crippen LogP contribution in [0.1, 0.15) is 0 Å². The van der Waals surface area contributed by atoms with E-state index >= 15 is 0 Å². The number of nitrogen functional groups attached to an aromatic ring is 1. The molecule has 2 rings (SSSR count). The van der Waals surface area contributed by atoms with E-state index in [1.165, 1.54) is 12.3 Å². The van der Waals surface area contributed by atoms with Crippen molar-refractivity contribution in [1.82, 2.24) is 9.97 Å². The number of hydrogen-bond acceptors (Lipinski definition) is 7. The van der Waals surface area contributed by atoms with Gasteiger partial charge in [0.2, 0.25) is 0 Å². The van der Waals surface area contributed by atoms with Crippen molar-refractivity contribution in [3.8, 4) is 0 Å². The number of aromatic nitrogens is 2. The average Bonchev–Trinajstić information content (AvgIpc) is 2.60. The number of nitrogens with two attached hydrogens (primary N) is 1. The predicted molar refractivity (Wildman–Crippen MR) is 58.1 cm³/mol. The van der Waals surface area contributed by atoms with Gasteiger partial charge in [-0.05, 0) is 6.07 Å². The van der Waals surface area contributed by atoms with Crippen molar-refractivity contribution in [2.45, 2.75) is 18.3 Å². The van der Waals surface area contributed by atoms with Crippen LogP contribution in [-0.2, 0) is 4.74 Å². The molecular weight excluding hydrogens is 230 g/mol. The molecular formula is C9H15N3O5. The summed E-state index contributed by atoms with van der Waals surface area (Å²) >= 11 is 0. The summed E-state index contributed by atoms with van der Waals surface area (Å²) in [6.45, 7) is -0.120. The number of aliphatic hydroxyl groups excluding tert-OH is 3. The monoisotopic (exact) mass is 245 g/mol. The Hall–Kier alpha value is -1.48. The first-order valence-electron chi connectivity index (χ1n) is 4.94. The van der Waals surface area contributed by atoms with Gasteiger partial charge in [0.1, 0.15) is 24.1 Å². The fraction of sp³-hybridized carbons (Fsp3) is 0.556. The molecule has 96 valence electrons. The van der Waals surface area contributed by atoms with E-state index in [0.717, 1.165) is 0 Å². The van der Waals surface area contributed by atoms with E-state index in [1.807, 2.05) is 0 Å². The highest BCUT2D eigenvalue weighted by Crippen LogP contribution is 2.12. The van der Waals surface area contributed by atoms with E-state index in [-0.39, 0.29) is 19.0 Å². The predicted octanol–water partition coefficient (Wildman–Crippen LogP) is -2.55. The van der Waals surface area contributed by atoms with Crippen molar-refractivity contribution < 1.29 is 20.1 Å². The molecule has 0 bridgehead atoms. The molecule has 1 fully saturated rings. The van der Waals surface area contributed by atoms with Crippen molar-refractivity contribution in [3.63, 3.8) is 0 Å². The lowest BCUT2D eigenvalue weighted by Crippen LogP contribution is -2.31. The van der Waals surface area contributed by atoms with Crippen molar-refractivity contribution >= 4 is 5.82 Å². The zero-order valence-electron chi connectivity index (χ0n) is 8.98. The second kappa shape index (κ2) is 6.30. The van der Waals surface area contributed by atoms with Crippen LogP contribution in [0.15, 0.2) is 17.1 Å². The largest absolute Gasteiger partial charge is 0.394 e. The van der Waals surface area contributed by atoms with Gasteiger partial charge in [-0.15, -0.1) is 0 Å². The Morgan fingerprint density at radius 3 is 2.59 bits per heavy atom. The van der Waals surface area contributed by atoms with Crippen molar-refractivity contribution in [2.24, 2.45) is 0 Å². The summed E-state index contributed by atoms with van der Waals surface area (Å²) < 4.78 is 4.78. The SMILES string of the molecule is Nc1cc[nH]c(=O)n1.OC[C@H]1OC[C@H](O)[C@@H]1O. The highest BCUT2D eigenvalue weighted by Gasteiger charge is 2.33. The Balaban J connectivity index is 0.000000171. The number of nitrogens with zero attached hydrogens (tertiary/aromatic N) is 1. The minimum Gasteiger partial charge on any atom is -0.394 e. The molecule has 0 radical (unpaired) electrons. The Morgan fingerprint density at radius 1 is 1.59 bits per heavy atom. The summed E-state index contributed by atoms with van der Waals surface area (Å²) in [6, 6.07) is 1.52. The first-order chi connectivity index (χ1) is 8.04. The number of hydrogen-bond donors (Lipinski definition) is 5. The molecule has 0 amide bonds. The third-order valence-electron chi connectivity index (χ3n) is 2.13. The number of H-pyrrole nitrogens is 1. The van der Waals surface area contributed by atoms with Crippen molar-refractivity contribution in [3.05, 3.63) is 22.7 Å². The van der Waals surface area contributed by atoms with Crippen LogP contribution in [0, 0.1) is 0 Å². The zero-order chi connectivity index (χ0) is 12.8. The van der Waals surface area contributed by atoms with Gasteiger partial charge >= 0.3 is 5.69 Å². The molecule has 1 aromatic heterocycles. The van der Waals surface area contributed by atoms with Gasteiger partial charge in [0.25, 0.3) is 0 Å². The molecule has 6 N–H and O–H groups in total. The molecule has 1 aliphatic rings. The Bertz CT molecular complexity index is 396. The number of ether oxygens (including phenoxy) is 1. The van der Waals surface area contributed by atoms with Gasteiger partial charge in [0, 0.05) is 6.20 Å². The third kappa shape index (κ3) is 4.11. The van der Waals surface area contributed by atoms with Crippen molar-refractivity contribution in [1.29, 1.82) is 0 Å². The maximum atomic E-state index is 10.2. The van der Waals surface area contributed by atoms with Crippen LogP contribution in [0.5, 0.6) is 0 Å². The van der Waals surface area contributed by atoms with Crippen LogP contribution >= 0.6 is 0 Å². The van der Waals surface area contributed by atoms with E-state index in [0.29, 0.717) is 0 Å². The lowest BCUT2D eigenvalue weighted by molar-refractivity contribution is -0.00588. The van der Waals surface area contributed by atoms with Crippen LogP contribution in [0.2, 0.25) is 0 Å². The molecule has 17 heavy (non-hydrogen) atoms. The van der Waals surface area contributed by atoms with Crippen LogP contribution < -0.4 is 11.4 Å². The molecule has 0 aromatic carbocycles. The molecule has 0 unspecified atom stereocenters. The summed E-state index contributed by atoms with van der Waals surface area (Å²) in [5.41, 5.74) is 4.72. The molecule has 1 saturated heterocycles. The van der Waals surface area contributed by atoms with Crippen molar-refractivity contribution in [2.75, 3.05) is 18.9 Å². The standard InChI is InChI=1S/C5H10O4.C4H5N3O/c6-1-4-5(8)3(7)2-9-4;5-3-1-2-6-4(8)7-3/h3-8H,1-2H2;1-2H,(H3,5,6,7,8)/t3-,4+,5-;/m0./s1. The molecule has 3 atom stereocenters. The second-order valence-corrected chi connectivity index (χ2v) is 3.43. The molecule has 1 aliphatic heterocycles. The smallest absolute Gasteiger partial charge is 0.346 e. The second-order valence-electron chi connectivity index (χ2n) is 3.43. The molecule has 8 nitrogen and oxygen atoms in total. The van der Waals surface area contributed by atoms with Crippen LogP contribution in [-0.4, -0.2) is 56.8 Å². The summed E-state index contributed by atoms with van der Waals surface area (Å²) in [7, 11) is 0. The minimum atomic E-state index is -0.921. The van der Waals surface area contributed by atoms with Crippen LogP contribution in [0.3, 0.4) is 0 Å². The number of aromatic amines is 1. The zero-order valence-corrected chi connectivity index (χ0v) is 8.98. The fourth-order valence-electron chi connectivity index (χ4n) is 1.21. The molecule has 0 saturated carbocycles. The molecule has 1 aromatic rings. The highest BCUT2D eigenvalue weighted by molar-refractivity contribution is 5.22. The maximum Gasteiger partial charge on any atom is 0.346 e. The highest BCUT2D eigenvalue weighted by atomic mass is 16.5. The van der Waals surface area contributed by atoms with Gasteiger partial charge in [-0.25, -0.2) is 4.79 Å². The summed E-state index contributed by atoms with van der Waals surface area (Å²) in [5.74, 6) is 0.244. The molecule has 0 spiro atoms. The summed E-state index contributed by atoms with van der Waals surface area (Å²) in [5, 5.41) is 26.2. The summed E-state index contributed by atoms with van der Waals surface area (Å²) in [6.07, 6.45) is -0.901. The van der Waals surface area contributed by atoms with Gasteiger partial charge in [-0.3, -0.25) is 0 Å². The van der Waals surface area contributed by atoms with E-state index in [1.54, 1.807) is 0 Å². The third-order valence-corrected chi connectivity index (χ3v) is 2.13. The lowest BCUT2D eigenvalue weighted by Gasteiger charge is -2.10. The Kier molecular flexibility index (Phi) is 5.04. The minimum absolute atomic E-state index is 0.117. The van der Waals surface area contributed by atoms with Gasteiger partial charge in [0.15, 0.2) is 0 Å². The van der Waals surface area contributed by atoms with E-state index in [4.69, 9.17) is 25.8 Å². The van der Waals surface area contributed by atoms with Gasteiger partial charge in [-0.2, -0.15) is 4.98 Å². The number of rotatable bonds is 1. The molecule has 2 heterocycles. The molecule has 8 heteroatoms. The van der Waals surface area contributed by atoms with Crippen LogP contribution in [0.25, 0.3) is 0 Å². The van der Waals surface area contributed by atoms with Gasteiger partial charge in [0.05, 0.1) is 13.2 Å². The van der Waals surface area contributed by atoms with E-state index in [9.17, 15) is 4.79 Å². The first kappa shape index (κ1) is 13.6. The number of anilines is 1. The molecule has 0 aliphatic carbocycles. The van der Waals surface area contributed by atoms with Gasteiger partial charge in [-0.1, -0.05) is 0 Å². The van der Waals surface area contributed by atoms with Crippen LogP contribution in [0.4, 0.5) is 5.82 Å². The Morgan fingerprint density at radius 2 is 2.29 bits per heavy atom. The van der Waals surface area contributed by atoms with E-state index < -0.39 is 24.0 Å². The van der Waals surface area contributed by atoms with E-state index in [2.05, 4.69) is 9.97 Å². The maximum absolute atomic E-state index is 10.2. The van der Waals surface area contributed by atoms with Gasteiger partial charge < -0.3 is 30.8 Å². The lowest BCUT2D eigenvalue weighted by atomic mass is 10.2. The average molecular weight is 245 g/mol. The number of aliphatic hydroxyl groups is 3. The first-order valence-corrected chi connectivity index (χ1v) is 4.94.